The van der Waals surface area contributed by atoms with Crippen molar-refractivity contribution in [3.8, 4) is 0 Å². The molecule has 0 saturated carbocycles. The second kappa shape index (κ2) is 26.7. The van der Waals surface area contributed by atoms with Gasteiger partial charge in [-0.2, -0.15) is 0 Å². The zero-order chi connectivity index (χ0) is 56.8. The van der Waals surface area contributed by atoms with Gasteiger partial charge in [-0.3, -0.25) is 0 Å². The lowest BCUT2D eigenvalue weighted by Gasteiger charge is -2.50. The van der Waals surface area contributed by atoms with Crippen LogP contribution in [0.15, 0.2) is 0 Å². The fourth-order valence-electron chi connectivity index (χ4n) is 10.6. The number of aliphatic hydroxyl groups excluding tert-OH is 21. The van der Waals surface area contributed by atoms with Gasteiger partial charge in [-0.05, 0) is 6.42 Å². The minimum Gasteiger partial charge on any atom is -0.396 e. The first-order chi connectivity index (χ1) is 37.2. The summed E-state index contributed by atoms with van der Waals surface area (Å²) in [6.45, 7) is -6.95. The molecule has 454 valence electrons. The highest BCUT2D eigenvalue weighted by Gasteiger charge is 2.59. The highest BCUT2D eigenvalue weighted by atomic mass is 16.8. The SMILES string of the molecule is OCC[C@H]1OC2OC3[C@@H](CO)OC(OC4[C@@H](CO)OC(OC5[C@@H](CO)OC(OC6[C@@H](CO)OC(OC7[C@@H](CO)OC(OC8[C@@H](CO)OC(OC1[C@H](O)[C@H]2O)[C@H](O)[C@H]8O)[C@H](O)[C@H]7O)[C@H](O)[C@H]6O)[C@H](O)[C@H]5O)[C@H](O)[C@H]4O)[C@H](O)[C@H]3O. The zero-order valence-corrected chi connectivity index (χ0v) is 41.0. The van der Waals surface area contributed by atoms with Crippen LogP contribution < -0.4 is 0 Å². The van der Waals surface area contributed by atoms with E-state index in [4.69, 9.17) is 66.3 Å². The summed E-state index contributed by atoms with van der Waals surface area (Å²) in [5.74, 6) is 0. The monoisotopic (exact) mass is 1150 g/mol. The van der Waals surface area contributed by atoms with Gasteiger partial charge in [0.2, 0.25) is 0 Å². The molecule has 0 spiro atoms. The Morgan fingerprint density at radius 1 is 0.179 bits per heavy atom. The lowest BCUT2D eigenvalue weighted by atomic mass is 9.94. The fraction of sp³-hybridized carbons (Fsp3) is 1.00. The van der Waals surface area contributed by atoms with Crippen LogP contribution in [0.3, 0.4) is 0 Å². The molecule has 0 aromatic carbocycles. The summed E-state index contributed by atoms with van der Waals surface area (Å²) in [5, 5.41) is 231. The molecule has 21 N–H and O–H groups in total. The fourth-order valence-corrected chi connectivity index (χ4v) is 10.6. The van der Waals surface area contributed by atoms with E-state index in [0.717, 1.165) is 0 Å². The summed E-state index contributed by atoms with van der Waals surface area (Å²) in [6, 6.07) is 0. The summed E-state index contributed by atoms with van der Waals surface area (Å²) in [7, 11) is 0. The van der Waals surface area contributed by atoms with Crippen LogP contribution in [0.2, 0.25) is 0 Å². The van der Waals surface area contributed by atoms with E-state index < -0.39 is 268 Å². The van der Waals surface area contributed by atoms with Gasteiger partial charge in [0.1, 0.15) is 165 Å². The maximum Gasteiger partial charge on any atom is 0.187 e. The molecular formula is C43H72O35. The second-order valence-corrected chi connectivity index (χ2v) is 20.0. The Morgan fingerprint density at radius 2 is 0.321 bits per heavy atom. The van der Waals surface area contributed by atoms with Crippen LogP contribution in [0.4, 0.5) is 0 Å². The summed E-state index contributed by atoms with van der Waals surface area (Å²) in [5.41, 5.74) is 0. The predicted octanol–water partition coefficient (Wildman–Crippen LogP) is -14.8. The molecule has 35 heteroatoms. The van der Waals surface area contributed by atoms with Crippen molar-refractivity contribution in [2.45, 2.75) is 221 Å². The summed E-state index contributed by atoms with van der Waals surface area (Å²) < 4.78 is 80.0. The van der Waals surface area contributed by atoms with E-state index in [0.29, 0.717) is 0 Å². The Morgan fingerprint density at radius 3 is 0.462 bits per heavy atom. The quantitative estimate of drug-likeness (QED) is 0.107. The summed E-state index contributed by atoms with van der Waals surface area (Å²) in [6.07, 6.45) is -70.0. The van der Waals surface area contributed by atoms with Crippen molar-refractivity contribution in [3.05, 3.63) is 0 Å². The molecule has 0 aromatic heterocycles. The van der Waals surface area contributed by atoms with Gasteiger partial charge in [-0.15, -0.1) is 0 Å². The highest BCUT2D eigenvalue weighted by molar-refractivity contribution is 5.01. The molecule has 14 bridgehead atoms. The van der Waals surface area contributed by atoms with Crippen LogP contribution in [-0.4, -0.2) is 368 Å². The lowest BCUT2D eigenvalue weighted by Crippen LogP contribution is -2.68. The molecule has 21 aliphatic heterocycles. The third kappa shape index (κ3) is 12.3. The number of hydrogen-bond donors (Lipinski definition) is 21. The maximum atomic E-state index is 11.4. The zero-order valence-electron chi connectivity index (χ0n) is 41.0. The normalized spacial score (nSPS) is 54.8. The highest BCUT2D eigenvalue weighted by Crippen LogP contribution is 2.39. The van der Waals surface area contributed by atoms with Gasteiger partial charge in [0, 0.05) is 6.61 Å². The Bertz CT molecular complexity index is 1830. The van der Waals surface area contributed by atoms with Crippen molar-refractivity contribution < 1.29 is 174 Å². The van der Waals surface area contributed by atoms with E-state index in [1.54, 1.807) is 0 Å². The van der Waals surface area contributed by atoms with Crippen molar-refractivity contribution in [1.82, 2.24) is 0 Å². The average Bonchev–Trinajstić information content (AvgIpc) is 3.44. The Balaban J connectivity index is 1.08. The molecule has 14 unspecified atom stereocenters. The maximum absolute atomic E-state index is 11.4. The van der Waals surface area contributed by atoms with Crippen LogP contribution in [-0.2, 0) is 66.3 Å². The summed E-state index contributed by atoms with van der Waals surface area (Å²) >= 11 is 0. The van der Waals surface area contributed by atoms with Crippen molar-refractivity contribution >= 4 is 0 Å². The average molecular weight is 1150 g/mol. The molecule has 0 radical (unpaired) electrons. The molecule has 78 heavy (non-hydrogen) atoms. The molecule has 35 nitrogen and oxygen atoms in total. The van der Waals surface area contributed by atoms with Gasteiger partial charge in [0.05, 0.1) is 45.7 Å². The van der Waals surface area contributed by atoms with E-state index in [1.165, 1.54) is 0 Å². The van der Waals surface area contributed by atoms with Crippen LogP contribution in [0.5, 0.6) is 0 Å². The molecular weight excluding hydrogens is 1080 g/mol. The number of ether oxygens (including phenoxy) is 14. The van der Waals surface area contributed by atoms with Crippen molar-refractivity contribution in [2.24, 2.45) is 0 Å². The first-order valence-electron chi connectivity index (χ1n) is 25.1. The first kappa shape index (κ1) is 62.6. The van der Waals surface area contributed by atoms with Gasteiger partial charge in [0.15, 0.2) is 44.0 Å². The first-order valence-corrected chi connectivity index (χ1v) is 25.1. The second-order valence-electron chi connectivity index (χ2n) is 20.0. The largest absolute Gasteiger partial charge is 0.396 e. The Hall–Kier alpha value is -1.40. The molecule has 21 rings (SSSR count). The van der Waals surface area contributed by atoms with Crippen molar-refractivity contribution in [3.63, 3.8) is 0 Å². The molecule has 0 amide bonds. The molecule has 35 atom stereocenters. The van der Waals surface area contributed by atoms with Crippen molar-refractivity contribution in [2.75, 3.05) is 46.2 Å². The predicted molar refractivity (Wildman–Crippen MR) is 233 cm³/mol. The van der Waals surface area contributed by atoms with E-state index >= 15 is 0 Å². The smallest absolute Gasteiger partial charge is 0.187 e. The molecule has 21 heterocycles. The van der Waals surface area contributed by atoms with Crippen molar-refractivity contribution in [1.29, 1.82) is 0 Å². The van der Waals surface area contributed by atoms with Gasteiger partial charge in [0.25, 0.3) is 0 Å². The van der Waals surface area contributed by atoms with Gasteiger partial charge >= 0.3 is 0 Å². The molecule has 21 aliphatic rings. The molecule has 0 aliphatic carbocycles. The Labute approximate surface area is 440 Å². The minimum atomic E-state index is -2.21. The molecule has 21 saturated heterocycles. The van der Waals surface area contributed by atoms with Gasteiger partial charge < -0.3 is 174 Å². The van der Waals surface area contributed by atoms with Crippen LogP contribution in [0.1, 0.15) is 6.42 Å². The summed E-state index contributed by atoms with van der Waals surface area (Å²) in [4.78, 5) is 0. The third-order valence-corrected chi connectivity index (χ3v) is 15.0. The van der Waals surface area contributed by atoms with Gasteiger partial charge in [-0.25, -0.2) is 0 Å². The lowest BCUT2D eigenvalue weighted by molar-refractivity contribution is -0.396. The standard InChI is InChI=1S/C43H72O35/c44-2-1-9-30-16(51)23(58)37(65-9)73-31-10(3-45)67-39(25(60)18(31)53)75-33-12(5-47)69-41(27(62)20(33)55)77-35-14(7-49)71-43(29(64)22(35)57)78-36-15(8-50)70-42(28(63)21(36)56)76-34-13(6-48)68-40(26(61)19(34)54)74-32-11(4-46)66-38(72-30)24(59)17(32)52/h9-64H,1-8H2/t9-,10-,11-,12-,13-,14-,15-,16-,17-,18-,19-,20-,21-,22-,23-,24-,25-,26-,27-,28-,29-,30?,31?,32?,33?,34?,35?,36?,37?,38?,39?,40?,41?,42?,43?/m1/s1. The van der Waals surface area contributed by atoms with E-state index in [2.05, 4.69) is 0 Å². The number of rotatable bonds is 8. The topological polar surface area (TPSA) is 554 Å². The Kier molecular flexibility index (Phi) is 21.4. The minimum absolute atomic E-state index is 0.422. The van der Waals surface area contributed by atoms with E-state index in [9.17, 15) is 107 Å². The number of hydrogen-bond acceptors (Lipinski definition) is 35. The van der Waals surface area contributed by atoms with E-state index in [-0.39, 0.29) is 0 Å². The van der Waals surface area contributed by atoms with Crippen LogP contribution in [0.25, 0.3) is 0 Å². The number of aliphatic hydroxyl groups is 21. The third-order valence-electron chi connectivity index (χ3n) is 15.0. The van der Waals surface area contributed by atoms with Gasteiger partial charge in [-0.1, -0.05) is 0 Å². The van der Waals surface area contributed by atoms with Crippen LogP contribution >= 0.6 is 0 Å². The molecule has 21 fully saturated rings. The van der Waals surface area contributed by atoms with Crippen LogP contribution in [0, 0.1) is 0 Å². The van der Waals surface area contributed by atoms with E-state index in [1.807, 2.05) is 0 Å². The molecule has 0 aromatic rings.